The molecule has 0 aliphatic carbocycles. The van der Waals surface area contributed by atoms with Crippen molar-refractivity contribution in [3.05, 3.63) is 52.8 Å². The summed E-state index contributed by atoms with van der Waals surface area (Å²) in [5.41, 5.74) is 8.50. The molecule has 2 heterocycles. The quantitative estimate of drug-likeness (QED) is 0.793. The third kappa shape index (κ3) is 3.15. The largest absolute Gasteiger partial charge is 0.464 e. The standard InChI is InChI=1S/C18H23N3O4S/c1-13-17(11-16(18(22)25-2)21(13)10-8-19)26(23,24)20-9-7-14-5-3-4-6-15(14)12-20/h3-6,11H,7-10,12,19H2,1-2H3. The van der Waals surface area contributed by atoms with E-state index in [1.165, 1.54) is 23.0 Å². The first-order valence-corrected chi connectivity index (χ1v) is 9.89. The van der Waals surface area contributed by atoms with Crippen LogP contribution in [0.25, 0.3) is 0 Å². The highest BCUT2D eigenvalue weighted by atomic mass is 32.2. The molecule has 0 saturated carbocycles. The number of nitrogens with two attached hydrogens (primary N) is 1. The normalized spacial score (nSPS) is 14.9. The van der Waals surface area contributed by atoms with Crippen molar-refractivity contribution in [3.8, 4) is 0 Å². The third-order valence-corrected chi connectivity index (χ3v) is 6.74. The van der Waals surface area contributed by atoms with Crippen molar-refractivity contribution in [1.82, 2.24) is 8.87 Å². The minimum absolute atomic E-state index is 0.130. The predicted octanol–water partition coefficient (Wildman–Crippen LogP) is 1.29. The molecule has 1 aromatic heterocycles. The Morgan fingerprint density at radius 1 is 1.27 bits per heavy atom. The number of rotatable bonds is 5. The molecule has 140 valence electrons. The summed E-state index contributed by atoms with van der Waals surface area (Å²) in [5.74, 6) is -0.577. The molecule has 1 aliphatic heterocycles. The zero-order valence-corrected chi connectivity index (χ0v) is 15.8. The molecule has 0 radical (unpaired) electrons. The van der Waals surface area contributed by atoms with Gasteiger partial charge in [0.1, 0.15) is 10.6 Å². The number of aromatic nitrogens is 1. The molecule has 3 rings (SSSR count). The van der Waals surface area contributed by atoms with Gasteiger partial charge in [0.05, 0.1) is 7.11 Å². The number of nitrogens with zero attached hydrogens (tertiary/aromatic N) is 2. The molecule has 7 nitrogen and oxygen atoms in total. The first-order valence-electron chi connectivity index (χ1n) is 8.45. The van der Waals surface area contributed by atoms with Gasteiger partial charge in [0.25, 0.3) is 0 Å². The number of hydrogen-bond donors (Lipinski definition) is 1. The van der Waals surface area contributed by atoms with Crippen LogP contribution < -0.4 is 5.73 Å². The summed E-state index contributed by atoms with van der Waals surface area (Å²) in [6.07, 6.45) is 0.668. The summed E-state index contributed by atoms with van der Waals surface area (Å²) in [7, 11) is -2.46. The first-order chi connectivity index (χ1) is 12.4. The van der Waals surface area contributed by atoms with E-state index in [9.17, 15) is 13.2 Å². The second kappa shape index (κ2) is 7.22. The molecule has 1 aromatic carbocycles. The summed E-state index contributed by atoms with van der Waals surface area (Å²) in [5, 5.41) is 0. The number of methoxy groups -OCH3 is 1. The fraction of sp³-hybridized carbons (Fsp3) is 0.389. The van der Waals surface area contributed by atoms with Crippen molar-refractivity contribution < 1.29 is 17.9 Å². The van der Waals surface area contributed by atoms with Gasteiger partial charge in [0.2, 0.25) is 10.0 Å². The zero-order chi connectivity index (χ0) is 18.9. The second-order valence-corrected chi connectivity index (χ2v) is 8.17. The Balaban J connectivity index is 2.01. The number of sulfonamides is 1. The minimum atomic E-state index is -3.73. The second-order valence-electron chi connectivity index (χ2n) is 6.27. The highest BCUT2D eigenvalue weighted by Gasteiger charge is 2.32. The molecule has 8 heteroatoms. The van der Waals surface area contributed by atoms with Crippen LogP contribution in [0.2, 0.25) is 0 Å². The topological polar surface area (TPSA) is 94.6 Å². The van der Waals surface area contributed by atoms with Crippen LogP contribution >= 0.6 is 0 Å². The Kier molecular flexibility index (Phi) is 5.17. The number of carbonyl (C=O) groups excluding carboxylic acids is 1. The van der Waals surface area contributed by atoms with Gasteiger partial charge in [-0.1, -0.05) is 24.3 Å². The Bertz CT molecular complexity index is 934. The van der Waals surface area contributed by atoms with Gasteiger partial charge in [0.15, 0.2) is 0 Å². The highest BCUT2D eigenvalue weighted by molar-refractivity contribution is 7.89. The highest BCUT2D eigenvalue weighted by Crippen LogP contribution is 2.28. The van der Waals surface area contributed by atoms with E-state index in [0.717, 1.165) is 5.56 Å². The molecule has 0 unspecified atom stereocenters. The van der Waals surface area contributed by atoms with Gasteiger partial charge < -0.3 is 15.0 Å². The molecule has 0 atom stereocenters. The van der Waals surface area contributed by atoms with E-state index in [1.807, 2.05) is 24.3 Å². The lowest BCUT2D eigenvalue weighted by Gasteiger charge is -2.28. The fourth-order valence-corrected chi connectivity index (χ4v) is 5.05. The SMILES string of the molecule is COC(=O)c1cc(S(=O)(=O)N2CCc3ccccc3C2)c(C)n1CCN. The maximum absolute atomic E-state index is 13.2. The van der Waals surface area contributed by atoms with Crippen molar-refractivity contribution in [2.24, 2.45) is 5.73 Å². The Morgan fingerprint density at radius 2 is 1.96 bits per heavy atom. The summed E-state index contributed by atoms with van der Waals surface area (Å²) in [4.78, 5) is 12.2. The number of fused-ring (bicyclic) bond motifs is 1. The van der Waals surface area contributed by atoms with E-state index in [1.54, 1.807) is 11.5 Å². The van der Waals surface area contributed by atoms with E-state index in [2.05, 4.69) is 0 Å². The van der Waals surface area contributed by atoms with E-state index in [0.29, 0.717) is 31.7 Å². The molecule has 1 aliphatic rings. The number of carbonyl (C=O) groups is 1. The molecule has 2 N–H and O–H groups in total. The minimum Gasteiger partial charge on any atom is -0.464 e. The summed E-state index contributed by atoms with van der Waals surface area (Å²) in [6.45, 7) is 3.06. The third-order valence-electron chi connectivity index (χ3n) is 4.78. The molecule has 0 amide bonds. The summed E-state index contributed by atoms with van der Waals surface area (Å²) >= 11 is 0. The fourth-order valence-electron chi connectivity index (χ4n) is 3.39. The Labute approximate surface area is 153 Å². The summed E-state index contributed by atoms with van der Waals surface area (Å²) < 4.78 is 34.3. The number of esters is 1. The molecule has 2 aromatic rings. The predicted molar refractivity (Wildman–Crippen MR) is 97.3 cm³/mol. The van der Waals surface area contributed by atoms with Crippen LogP contribution in [0.3, 0.4) is 0 Å². The summed E-state index contributed by atoms with van der Waals surface area (Å²) in [6, 6.07) is 9.24. The van der Waals surface area contributed by atoms with Crippen molar-refractivity contribution in [3.63, 3.8) is 0 Å². The van der Waals surface area contributed by atoms with Gasteiger partial charge in [0, 0.05) is 31.9 Å². The average Bonchev–Trinajstić information content (AvgIpc) is 2.98. The molecular formula is C18H23N3O4S. The van der Waals surface area contributed by atoms with Crippen LogP contribution in [-0.2, 0) is 34.3 Å². The molecule has 26 heavy (non-hydrogen) atoms. The zero-order valence-electron chi connectivity index (χ0n) is 14.9. The molecule has 0 saturated heterocycles. The lowest BCUT2D eigenvalue weighted by Crippen LogP contribution is -2.36. The van der Waals surface area contributed by atoms with Crippen molar-refractivity contribution in [1.29, 1.82) is 0 Å². The van der Waals surface area contributed by atoms with Gasteiger partial charge in [-0.25, -0.2) is 13.2 Å². The van der Waals surface area contributed by atoms with Crippen LogP contribution in [0.15, 0.2) is 35.2 Å². The molecule has 0 bridgehead atoms. The monoisotopic (exact) mass is 377 g/mol. The van der Waals surface area contributed by atoms with Gasteiger partial charge in [-0.3, -0.25) is 0 Å². The molecule has 0 fully saturated rings. The first kappa shape index (κ1) is 18.6. The van der Waals surface area contributed by atoms with Gasteiger partial charge in [-0.05, 0) is 30.5 Å². The lowest BCUT2D eigenvalue weighted by atomic mass is 10.0. The number of benzene rings is 1. The van der Waals surface area contributed by atoms with Crippen molar-refractivity contribution in [2.45, 2.75) is 31.3 Å². The molecular weight excluding hydrogens is 354 g/mol. The van der Waals surface area contributed by atoms with Crippen molar-refractivity contribution in [2.75, 3.05) is 20.2 Å². The Morgan fingerprint density at radius 3 is 2.62 bits per heavy atom. The smallest absolute Gasteiger partial charge is 0.354 e. The Hall–Kier alpha value is -2.16. The number of hydrogen-bond acceptors (Lipinski definition) is 5. The van der Waals surface area contributed by atoms with Crippen molar-refractivity contribution >= 4 is 16.0 Å². The van der Waals surface area contributed by atoms with Crippen LogP contribution in [0.1, 0.15) is 27.3 Å². The maximum Gasteiger partial charge on any atom is 0.354 e. The van der Waals surface area contributed by atoms with E-state index < -0.39 is 16.0 Å². The van der Waals surface area contributed by atoms with Gasteiger partial charge in [-0.15, -0.1) is 0 Å². The molecule has 0 spiro atoms. The van der Waals surface area contributed by atoms with Crippen LogP contribution in [-0.4, -0.2) is 43.5 Å². The number of ether oxygens (including phenoxy) is 1. The average molecular weight is 377 g/mol. The van der Waals surface area contributed by atoms with Gasteiger partial charge >= 0.3 is 5.97 Å². The van der Waals surface area contributed by atoms with E-state index >= 15 is 0 Å². The van der Waals surface area contributed by atoms with E-state index in [4.69, 9.17) is 10.5 Å². The maximum atomic E-state index is 13.2. The van der Waals surface area contributed by atoms with Gasteiger partial charge in [-0.2, -0.15) is 4.31 Å². The van der Waals surface area contributed by atoms with Crippen LogP contribution in [0.5, 0.6) is 0 Å². The van der Waals surface area contributed by atoms with Crippen LogP contribution in [0, 0.1) is 6.92 Å². The van der Waals surface area contributed by atoms with E-state index in [-0.39, 0.29) is 17.1 Å². The lowest BCUT2D eigenvalue weighted by molar-refractivity contribution is 0.0588. The van der Waals surface area contributed by atoms with Crippen LogP contribution in [0.4, 0.5) is 0 Å².